The van der Waals surface area contributed by atoms with E-state index in [1.54, 1.807) is 0 Å². The van der Waals surface area contributed by atoms with Gasteiger partial charge in [0.05, 0.1) is 0 Å². The van der Waals surface area contributed by atoms with Crippen LogP contribution in [0.3, 0.4) is 0 Å². The second-order valence-electron chi connectivity index (χ2n) is 3.10. The van der Waals surface area contributed by atoms with E-state index in [1.165, 1.54) is 0 Å². The Labute approximate surface area is 69.4 Å². The molecule has 2 atom stereocenters. The summed E-state index contributed by atoms with van der Waals surface area (Å²) >= 11 is 0. The lowest BCUT2D eigenvalue weighted by molar-refractivity contribution is -0.121. The summed E-state index contributed by atoms with van der Waals surface area (Å²) < 4.78 is 0. The van der Waals surface area contributed by atoms with Gasteiger partial charge in [0, 0.05) is 12.5 Å². The monoisotopic (exact) mass is 157 g/mol. The number of rotatable bonds is 4. The largest absolute Gasteiger partial charge is 0.353 e. The Hall–Kier alpha value is -0.530. The molecule has 0 heterocycles. The molecule has 0 aromatic rings. The Kier molecular flexibility index (Phi) is 4.92. The quantitative estimate of drug-likeness (QED) is 0.664. The van der Waals surface area contributed by atoms with Crippen LogP contribution in [0.5, 0.6) is 0 Å². The fourth-order valence-electron chi connectivity index (χ4n) is 0.852. The van der Waals surface area contributed by atoms with Crippen LogP contribution in [0.4, 0.5) is 0 Å². The molecule has 0 saturated heterocycles. The summed E-state index contributed by atoms with van der Waals surface area (Å²) in [5.41, 5.74) is 0. The third-order valence-electron chi connectivity index (χ3n) is 2.21. The first kappa shape index (κ1) is 10.5. The molecule has 1 amide bonds. The van der Waals surface area contributed by atoms with E-state index in [-0.39, 0.29) is 5.91 Å². The second kappa shape index (κ2) is 5.16. The van der Waals surface area contributed by atoms with Gasteiger partial charge in [-0.25, -0.2) is 0 Å². The SMILES string of the molecule is CCC(=O)NC(C)[C@@H](C)CC. The van der Waals surface area contributed by atoms with Crippen LogP contribution in [0, 0.1) is 5.92 Å². The van der Waals surface area contributed by atoms with Crippen molar-refractivity contribution in [2.75, 3.05) is 0 Å². The lowest BCUT2D eigenvalue weighted by atomic mass is 10.0. The van der Waals surface area contributed by atoms with Crippen molar-refractivity contribution in [3.8, 4) is 0 Å². The van der Waals surface area contributed by atoms with Gasteiger partial charge in [-0.15, -0.1) is 0 Å². The Bertz CT molecular complexity index is 123. The fourth-order valence-corrected chi connectivity index (χ4v) is 0.852. The van der Waals surface area contributed by atoms with E-state index in [9.17, 15) is 4.79 Å². The highest BCUT2D eigenvalue weighted by Crippen LogP contribution is 2.06. The molecule has 0 aromatic carbocycles. The summed E-state index contributed by atoms with van der Waals surface area (Å²) in [6, 6.07) is 0.312. The minimum Gasteiger partial charge on any atom is -0.353 e. The summed E-state index contributed by atoms with van der Waals surface area (Å²) in [5.74, 6) is 0.725. The van der Waals surface area contributed by atoms with Crippen molar-refractivity contribution in [3.05, 3.63) is 0 Å². The number of nitrogens with one attached hydrogen (secondary N) is 1. The van der Waals surface area contributed by atoms with Gasteiger partial charge < -0.3 is 5.32 Å². The topological polar surface area (TPSA) is 29.1 Å². The van der Waals surface area contributed by atoms with Crippen molar-refractivity contribution >= 4 is 5.91 Å². The molecule has 0 aliphatic carbocycles. The summed E-state index contributed by atoms with van der Waals surface area (Å²) in [6.45, 7) is 8.22. The van der Waals surface area contributed by atoms with Gasteiger partial charge >= 0.3 is 0 Å². The molecule has 0 bridgehead atoms. The highest BCUT2D eigenvalue weighted by atomic mass is 16.1. The highest BCUT2D eigenvalue weighted by Gasteiger charge is 2.10. The number of carbonyl (C=O) groups excluding carboxylic acids is 1. The third-order valence-corrected chi connectivity index (χ3v) is 2.21. The van der Waals surface area contributed by atoms with Crippen LogP contribution >= 0.6 is 0 Å². The smallest absolute Gasteiger partial charge is 0.219 e. The Morgan fingerprint density at radius 2 is 1.91 bits per heavy atom. The molecule has 0 aliphatic rings. The van der Waals surface area contributed by atoms with E-state index in [4.69, 9.17) is 0 Å². The van der Waals surface area contributed by atoms with E-state index >= 15 is 0 Å². The molecule has 2 heteroatoms. The lowest BCUT2D eigenvalue weighted by Gasteiger charge is -2.19. The molecule has 0 fully saturated rings. The second-order valence-corrected chi connectivity index (χ2v) is 3.10. The summed E-state index contributed by atoms with van der Waals surface area (Å²) in [5, 5.41) is 2.94. The van der Waals surface area contributed by atoms with Gasteiger partial charge in [-0.3, -0.25) is 4.79 Å². The van der Waals surface area contributed by atoms with Gasteiger partial charge in [-0.1, -0.05) is 27.2 Å². The average molecular weight is 157 g/mol. The van der Waals surface area contributed by atoms with Crippen LogP contribution in [0.2, 0.25) is 0 Å². The molecule has 0 radical (unpaired) electrons. The zero-order valence-electron chi connectivity index (χ0n) is 7.98. The number of amides is 1. The van der Waals surface area contributed by atoms with Crippen LogP contribution < -0.4 is 5.32 Å². The van der Waals surface area contributed by atoms with E-state index in [2.05, 4.69) is 26.1 Å². The van der Waals surface area contributed by atoms with Crippen molar-refractivity contribution in [2.24, 2.45) is 5.92 Å². The standard InChI is InChI=1S/C9H19NO/c1-5-7(3)8(4)10-9(11)6-2/h7-8H,5-6H2,1-4H3,(H,10,11)/t7-,8?/m0/s1. The summed E-state index contributed by atoms with van der Waals surface area (Å²) in [4.78, 5) is 10.9. The van der Waals surface area contributed by atoms with Crippen molar-refractivity contribution < 1.29 is 4.79 Å². The molecule has 1 unspecified atom stereocenters. The van der Waals surface area contributed by atoms with Gasteiger partial charge in [-0.05, 0) is 12.8 Å². The first-order valence-corrected chi connectivity index (χ1v) is 4.41. The molecule has 0 aliphatic heterocycles. The lowest BCUT2D eigenvalue weighted by Crippen LogP contribution is -2.36. The Morgan fingerprint density at radius 1 is 1.36 bits per heavy atom. The van der Waals surface area contributed by atoms with Crippen molar-refractivity contribution in [2.45, 2.75) is 46.6 Å². The average Bonchev–Trinajstić information content (AvgIpc) is 2.02. The maximum absolute atomic E-state index is 10.9. The van der Waals surface area contributed by atoms with E-state index in [0.29, 0.717) is 18.4 Å². The number of carbonyl (C=O) groups is 1. The van der Waals surface area contributed by atoms with Gasteiger partial charge in [0.15, 0.2) is 0 Å². The van der Waals surface area contributed by atoms with Crippen LogP contribution in [0.25, 0.3) is 0 Å². The molecule has 0 rings (SSSR count). The Morgan fingerprint density at radius 3 is 2.27 bits per heavy atom. The van der Waals surface area contributed by atoms with Crippen LogP contribution in [0.15, 0.2) is 0 Å². The Balaban J connectivity index is 3.67. The minimum atomic E-state index is 0.151. The molecular formula is C9H19NO. The van der Waals surface area contributed by atoms with Crippen LogP contribution in [0.1, 0.15) is 40.5 Å². The maximum Gasteiger partial charge on any atom is 0.219 e. The van der Waals surface area contributed by atoms with E-state index in [0.717, 1.165) is 6.42 Å². The summed E-state index contributed by atoms with van der Waals surface area (Å²) in [7, 11) is 0. The predicted molar refractivity (Wildman–Crippen MR) is 47.4 cm³/mol. The molecule has 0 saturated carbocycles. The van der Waals surface area contributed by atoms with Gasteiger partial charge in [-0.2, -0.15) is 0 Å². The van der Waals surface area contributed by atoms with Crippen molar-refractivity contribution in [1.82, 2.24) is 5.32 Å². The molecular weight excluding hydrogens is 138 g/mol. The molecule has 66 valence electrons. The first-order valence-electron chi connectivity index (χ1n) is 4.41. The van der Waals surface area contributed by atoms with Gasteiger partial charge in [0.1, 0.15) is 0 Å². The molecule has 0 aromatic heterocycles. The summed E-state index contributed by atoms with van der Waals surface area (Å²) in [6.07, 6.45) is 1.70. The van der Waals surface area contributed by atoms with Crippen LogP contribution in [-0.2, 0) is 4.79 Å². The van der Waals surface area contributed by atoms with Crippen molar-refractivity contribution in [3.63, 3.8) is 0 Å². The van der Waals surface area contributed by atoms with E-state index in [1.807, 2.05) is 6.92 Å². The van der Waals surface area contributed by atoms with E-state index < -0.39 is 0 Å². The number of hydrogen-bond acceptors (Lipinski definition) is 1. The van der Waals surface area contributed by atoms with Gasteiger partial charge in [0.2, 0.25) is 5.91 Å². The minimum absolute atomic E-state index is 0.151. The predicted octanol–water partition coefficient (Wildman–Crippen LogP) is 1.95. The van der Waals surface area contributed by atoms with Crippen LogP contribution in [-0.4, -0.2) is 11.9 Å². The molecule has 11 heavy (non-hydrogen) atoms. The fraction of sp³-hybridized carbons (Fsp3) is 0.889. The zero-order chi connectivity index (χ0) is 8.85. The molecule has 0 spiro atoms. The zero-order valence-corrected chi connectivity index (χ0v) is 7.98. The molecule has 1 N–H and O–H groups in total. The highest BCUT2D eigenvalue weighted by molar-refractivity contribution is 5.75. The van der Waals surface area contributed by atoms with Crippen molar-refractivity contribution in [1.29, 1.82) is 0 Å². The molecule has 2 nitrogen and oxygen atoms in total. The normalized spacial score (nSPS) is 15.6. The third kappa shape index (κ3) is 4.02. The van der Waals surface area contributed by atoms with Gasteiger partial charge in [0.25, 0.3) is 0 Å². The first-order chi connectivity index (χ1) is 5.11. The maximum atomic E-state index is 10.9. The number of hydrogen-bond donors (Lipinski definition) is 1.